The van der Waals surface area contributed by atoms with Gasteiger partial charge < -0.3 is 10.0 Å². The first-order valence-electron chi connectivity index (χ1n) is 6.14. The van der Waals surface area contributed by atoms with Crippen LogP contribution in [0.2, 0.25) is 0 Å². The van der Waals surface area contributed by atoms with Crippen LogP contribution in [-0.4, -0.2) is 30.1 Å². The molecule has 1 heterocycles. The van der Waals surface area contributed by atoms with Crippen molar-refractivity contribution in [3.05, 3.63) is 29.8 Å². The number of hydrogen-bond acceptors (Lipinski definition) is 2. The first-order valence-corrected chi connectivity index (χ1v) is 6.14. The lowest BCUT2D eigenvalue weighted by Gasteiger charge is -2.29. The Morgan fingerprint density at radius 3 is 2.81 bits per heavy atom. The second-order valence-corrected chi connectivity index (χ2v) is 5.07. The van der Waals surface area contributed by atoms with Crippen molar-refractivity contribution in [3.63, 3.8) is 0 Å². The third-order valence-electron chi connectivity index (χ3n) is 3.73. The molecule has 1 fully saturated rings. The van der Waals surface area contributed by atoms with Gasteiger partial charge in [0, 0.05) is 12.0 Å². The number of hydrogen-bond donors (Lipinski definition) is 1. The fourth-order valence-corrected chi connectivity index (χ4v) is 2.98. The van der Waals surface area contributed by atoms with Crippen LogP contribution in [0.4, 0.5) is 0 Å². The quantitative estimate of drug-likeness (QED) is 0.845. The van der Waals surface area contributed by atoms with Gasteiger partial charge in [0.1, 0.15) is 5.75 Å². The summed E-state index contributed by atoms with van der Waals surface area (Å²) in [5.74, 6) is 0.391. The molecule has 1 aliphatic heterocycles. The third-order valence-corrected chi connectivity index (χ3v) is 3.73. The maximum atomic E-state index is 9.61. The largest absolute Gasteiger partial charge is 0.508 e. The number of benzene rings is 1. The topological polar surface area (TPSA) is 23.5 Å². The number of rotatable bonds is 3. The summed E-state index contributed by atoms with van der Waals surface area (Å²) in [4.78, 5) is 2.39. The van der Waals surface area contributed by atoms with Gasteiger partial charge in [0.05, 0.1) is 0 Å². The summed E-state index contributed by atoms with van der Waals surface area (Å²) in [6.45, 7) is 4.52. The average Bonchev–Trinajstić information content (AvgIpc) is 2.62. The van der Waals surface area contributed by atoms with E-state index in [1.165, 1.54) is 24.8 Å². The van der Waals surface area contributed by atoms with Gasteiger partial charge in [-0.3, -0.25) is 0 Å². The lowest BCUT2D eigenvalue weighted by atomic mass is 9.76. The van der Waals surface area contributed by atoms with Crippen molar-refractivity contribution in [1.82, 2.24) is 4.90 Å². The molecule has 2 heteroatoms. The molecule has 1 saturated heterocycles. The molecule has 1 N–H and O–H groups in total. The molecule has 88 valence electrons. The van der Waals surface area contributed by atoms with Crippen LogP contribution in [-0.2, 0) is 5.41 Å². The molecular weight excluding hydrogens is 198 g/mol. The SMILES string of the molecule is CCC[C@@]1(c2cccc(O)c2)CCN(C)C1. The van der Waals surface area contributed by atoms with Gasteiger partial charge in [-0.25, -0.2) is 0 Å². The molecule has 0 radical (unpaired) electrons. The summed E-state index contributed by atoms with van der Waals surface area (Å²) in [5.41, 5.74) is 1.57. The minimum Gasteiger partial charge on any atom is -0.508 e. The van der Waals surface area contributed by atoms with E-state index >= 15 is 0 Å². The summed E-state index contributed by atoms with van der Waals surface area (Å²) >= 11 is 0. The van der Waals surface area contributed by atoms with Crippen LogP contribution in [0.1, 0.15) is 31.7 Å². The zero-order valence-corrected chi connectivity index (χ0v) is 10.2. The molecule has 1 aromatic carbocycles. The molecule has 16 heavy (non-hydrogen) atoms. The fourth-order valence-electron chi connectivity index (χ4n) is 2.98. The van der Waals surface area contributed by atoms with E-state index in [1.54, 1.807) is 6.07 Å². The van der Waals surface area contributed by atoms with E-state index in [0.717, 1.165) is 13.1 Å². The summed E-state index contributed by atoms with van der Waals surface area (Å²) < 4.78 is 0. The molecule has 0 aliphatic carbocycles. The Kier molecular flexibility index (Phi) is 3.20. The second kappa shape index (κ2) is 4.46. The van der Waals surface area contributed by atoms with E-state index in [4.69, 9.17) is 0 Å². The predicted molar refractivity (Wildman–Crippen MR) is 66.8 cm³/mol. The van der Waals surface area contributed by atoms with Crippen LogP contribution < -0.4 is 0 Å². The standard InChI is InChI=1S/C14H21NO/c1-3-7-14(8-9-15(2)11-14)12-5-4-6-13(16)10-12/h4-6,10,16H,3,7-9,11H2,1-2H3/t14-/m1/s1. The van der Waals surface area contributed by atoms with Gasteiger partial charge in [0.25, 0.3) is 0 Å². The molecular formula is C14H21NO. The van der Waals surface area contributed by atoms with E-state index in [-0.39, 0.29) is 5.41 Å². The number of nitrogens with zero attached hydrogens (tertiary/aromatic N) is 1. The highest BCUT2D eigenvalue weighted by Crippen LogP contribution is 2.39. The zero-order chi connectivity index (χ0) is 11.6. The Hall–Kier alpha value is -1.02. The fraction of sp³-hybridized carbons (Fsp3) is 0.571. The molecule has 1 aliphatic rings. The number of aromatic hydroxyl groups is 1. The van der Waals surface area contributed by atoms with E-state index in [0.29, 0.717) is 5.75 Å². The van der Waals surface area contributed by atoms with Gasteiger partial charge >= 0.3 is 0 Å². The Balaban J connectivity index is 2.32. The van der Waals surface area contributed by atoms with Crippen LogP contribution in [0.5, 0.6) is 5.75 Å². The van der Waals surface area contributed by atoms with Crippen molar-refractivity contribution >= 4 is 0 Å². The Labute approximate surface area is 97.9 Å². The summed E-state index contributed by atoms with van der Waals surface area (Å²) in [5, 5.41) is 9.61. The molecule has 2 rings (SSSR count). The summed E-state index contributed by atoms with van der Waals surface area (Å²) in [6.07, 6.45) is 3.62. The zero-order valence-electron chi connectivity index (χ0n) is 10.2. The van der Waals surface area contributed by atoms with Crippen LogP contribution in [0.3, 0.4) is 0 Å². The van der Waals surface area contributed by atoms with E-state index in [2.05, 4.69) is 24.9 Å². The maximum Gasteiger partial charge on any atom is 0.115 e. The number of likely N-dealkylation sites (N-methyl/N-ethyl adjacent to an activating group) is 1. The molecule has 0 saturated carbocycles. The first-order chi connectivity index (χ1) is 7.66. The molecule has 0 bridgehead atoms. The van der Waals surface area contributed by atoms with Gasteiger partial charge in [-0.15, -0.1) is 0 Å². The lowest BCUT2D eigenvalue weighted by molar-refractivity contribution is 0.349. The summed E-state index contributed by atoms with van der Waals surface area (Å²) in [6, 6.07) is 7.81. The number of likely N-dealkylation sites (tertiary alicyclic amines) is 1. The van der Waals surface area contributed by atoms with Crippen LogP contribution in [0, 0.1) is 0 Å². The molecule has 0 aromatic heterocycles. The van der Waals surface area contributed by atoms with Gasteiger partial charge in [-0.2, -0.15) is 0 Å². The Morgan fingerprint density at radius 2 is 2.25 bits per heavy atom. The van der Waals surface area contributed by atoms with Crippen LogP contribution in [0.25, 0.3) is 0 Å². The smallest absolute Gasteiger partial charge is 0.115 e. The molecule has 0 spiro atoms. The van der Waals surface area contributed by atoms with Crippen molar-refractivity contribution in [1.29, 1.82) is 0 Å². The maximum absolute atomic E-state index is 9.61. The molecule has 0 amide bonds. The number of phenols is 1. The van der Waals surface area contributed by atoms with Gasteiger partial charge in [0.15, 0.2) is 0 Å². The molecule has 1 atom stereocenters. The number of phenolic OH excluding ortho intramolecular Hbond substituents is 1. The highest BCUT2D eigenvalue weighted by Gasteiger charge is 2.37. The van der Waals surface area contributed by atoms with Crippen LogP contribution >= 0.6 is 0 Å². The van der Waals surface area contributed by atoms with Crippen LogP contribution in [0.15, 0.2) is 24.3 Å². The molecule has 0 unspecified atom stereocenters. The Morgan fingerprint density at radius 1 is 1.44 bits per heavy atom. The average molecular weight is 219 g/mol. The van der Waals surface area contributed by atoms with Crippen molar-refractivity contribution < 1.29 is 5.11 Å². The van der Waals surface area contributed by atoms with Gasteiger partial charge in [-0.1, -0.05) is 25.5 Å². The van der Waals surface area contributed by atoms with E-state index in [1.807, 2.05) is 12.1 Å². The minimum atomic E-state index is 0.266. The minimum absolute atomic E-state index is 0.266. The molecule has 2 nitrogen and oxygen atoms in total. The Bertz CT molecular complexity index is 360. The van der Waals surface area contributed by atoms with Crippen molar-refractivity contribution in [2.24, 2.45) is 0 Å². The molecule has 1 aromatic rings. The first kappa shape index (κ1) is 11.5. The van der Waals surface area contributed by atoms with Gasteiger partial charge in [-0.05, 0) is 44.1 Å². The lowest BCUT2D eigenvalue weighted by Crippen LogP contribution is -2.29. The third kappa shape index (κ3) is 2.07. The second-order valence-electron chi connectivity index (χ2n) is 5.07. The monoisotopic (exact) mass is 219 g/mol. The highest BCUT2D eigenvalue weighted by atomic mass is 16.3. The van der Waals surface area contributed by atoms with Crippen molar-refractivity contribution in [2.75, 3.05) is 20.1 Å². The van der Waals surface area contributed by atoms with E-state index < -0.39 is 0 Å². The predicted octanol–water partition coefficient (Wildman–Crippen LogP) is 2.77. The van der Waals surface area contributed by atoms with Crippen molar-refractivity contribution in [3.8, 4) is 5.75 Å². The highest BCUT2D eigenvalue weighted by molar-refractivity contribution is 5.34. The summed E-state index contributed by atoms with van der Waals surface area (Å²) in [7, 11) is 2.18. The normalized spacial score (nSPS) is 26.1. The van der Waals surface area contributed by atoms with Gasteiger partial charge in [0.2, 0.25) is 0 Å². The van der Waals surface area contributed by atoms with Crippen molar-refractivity contribution in [2.45, 2.75) is 31.6 Å². The van der Waals surface area contributed by atoms with E-state index in [9.17, 15) is 5.11 Å².